The average molecular weight is 265 g/mol. The molecule has 104 valence electrons. The molecular weight excluding hydrogens is 246 g/mol. The highest BCUT2D eigenvalue weighted by Gasteiger charge is 2.13. The molecule has 0 aromatic carbocycles. The Morgan fingerprint density at radius 3 is 2.74 bits per heavy atom. The van der Waals surface area contributed by atoms with E-state index in [1.165, 1.54) is 31.7 Å². The van der Waals surface area contributed by atoms with Crippen molar-refractivity contribution in [3.63, 3.8) is 0 Å². The van der Waals surface area contributed by atoms with Gasteiger partial charge < -0.3 is 15.2 Å². The van der Waals surface area contributed by atoms with Gasteiger partial charge in [0.05, 0.1) is 25.1 Å². The zero-order chi connectivity index (χ0) is 13.5. The Hall–Kier alpha value is -1.69. The van der Waals surface area contributed by atoms with E-state index in [-0.39, 0.29) is 5.69 Å². The molecule has 0 amide bonds. The van der Waals surface area contributed by atoms with Gasteiger partial charge in [-0.2, -0.15) is 0 Å². The second-order valence-electron chi connectivity index (χ2n) is 4.65. The first-order valence-corrected chi connectivity index (χ1v) is 6.66. The van der Waals surface area contributed by atoms with E-state index < -0.39 is 5.97 Å². The lowest BCUT2D eigenvalue weighted by atomic mass is 9.98. The summed E-state index contributed by atoms with van der Waals surface area (Å²) in [6.07, 6.45) is 9.23. The van der Waals surface area contributed by atoms with Crippen molar-refractivity contribution in [1.82, 2.24) is 9.97 Å². The number of ether oxygens (including phenoxy) is 1. The fraction of sp³-hybridized carbons (Fsp3) is 0.615. The van der Waals surface area contributed by atoms with Crippen molar-refractivity contribution in [3.8, 4) is 0 Å². The number of carbonyl (C=O) groups is 1. The maximum Gasteiger partial charge on any atom is 0.356 e. The number of carboxylic acid groups (broad SMARTS) is 1. The lowest BCUT2D eigenvalue weighted by Gasteiger charge is -2.22. The van der Waals surface area contributed by atoms with Gasteiger partial charge in [0.25, 0.3) is 0 Å². The highest BCUT2D eigenvalue weighted by atomic mass is 16.5. The maximum absolute atomic E-state index is 10.6. The molecule has 0 unspecified atom stereocenters. The van der Waals surface area contributed by atoms with Crippen LogP contribution in [0.4, 0.5) is 5.82 Å². The van der Waals surface area contributed by atoms with Crippen molar-refractivity contribution in [2.24, 2.45) is 0 Å². The molecule has 1 aromatic heterocycles. The zero-order valence-electron chi connectivity index (χ0n) is 10.8. The van der Waals surface area contributed by atoms with Gasteiger partial charge in [0.2, 0.25) is 0 Å². The van der Waals surface area contributed by atoms with Crippen LogP contribution in [0.3, 0.4) is 0 Å². The molecule has 0 spiro atoms. The summed E-state index contributed by atoms with van der Waals surface area (Å²) in [6, 6.07) is 0. The number of nitrogens with zero attached hydrogens (tertiary/aromatic N) is 2. The molecule has 0 bridgehead atoms. The summed E-state index contributed by atoms with van der Waals surface area (Å²) < 4.78 is 5.76. The molecule has 0 atom stereocenters. The predicted octanol–water partition coefficient (Wildman–Crippen LogP) is 1.94. The Bertz CT molecular complexity index is 402. The highest BCUT2D eigenvalue weighted by Crippen LogP contribution is 2.19. The number of aromatic carboxylic acids is 1. The van der Waals surface area contributed by atoms with Crippen molar-refractivity contribution < 1.29 is 14.6 Å². The fourth-order valence-electron chi connectivity index (χ4n) is 2.17. The summed E-state index contributed by atoms with van der Waals surface area (Å²) >= 11 is 0. The van der Waals surface area contributed by atoms with Crippen LogP contribution in [0.15, 0.2) is 12.4 Å². The van der Waals surface area contributed by atoms with Crippen LogP contribution >= 0.6 is 0 Å². The van der Waals surface area contributed by atoms with Crippen LogP contribution in [0.2, 0.25) is 0 Å². The third-order valence-corrected chi connectivity index (χ3v) is 3.18. The molecule has 1 fully saturated rings. The van der Waals surface area contributed by atoms with Crippen LogP contribution in [-0.2, 0) is 4.74 Å². The van der Waals surface area contributed by atoms with E-state index in [9.17, 15) is 4.79 Å². The number of nitrogens with one attached hydrogen (secondary N) is 1. The zero-order valence-corrected chi connectivity index (χ0v) is 10.8. The molecule has 1 saturated carbocycles. The van der Waals surface area contributed by atoms with Gasteiger partial charge in [-0.1, -0.05) is 19.3 Å². The van der Waals surface area contributed by atoms with E-state index in [0.29, 0.717) is 25.1 Å². The first-order chi connectivity index (χ1) is 9.25. The summed E-state index contributed by atoms with van der Waals surface area (Å²) in [5, 5.41) is 11.7. The minimum Gasteiger partial charge on any atom is -0.476 e. The van der Waals surface area contributed by atoms with Crippen molar-refractivity contribution in [2.75, 3.05) is 18.5 Å². The van der Waals surface area contributed by atoms with Crippen LogP contribution in [-0.4, -0.2) is 40.3 Å². The maximum atomic E-state index is 10.6. The molecule has 6 heteroatoms. The number of hydrogen-bond donors (Lipinski definition) is 2. The van der Waals surface area contributed by atoms with Gasteiger partial charge in [-0.25, -0.2) is 14.8 Å². The third-order valence-electron chi connectivity index (χ3n) is 3.18. The van der Waals surface area contributed by atoms with E-state index >= 15 is 0 Å². The first-order valence-electron chi connectivity index (χ1n) is 6.66. The molecule has 6 nitrogen and oxygen atoms in total. The van der Waals surface area contributed by atoms with Crippen molar-refractivity contribution in [3.05, 3.63) is 18.1 Å². The topological polar surface area (TPSA) is 84.3 Å². The molecule has 1 aliphatic rings. The molecule has 0 aliphatic heterocycles. The summed E-state index contributed by atoms with van der Waals surface area (Å²) in [4.78, 5) is 18.4. The number of anilines is 1. The highest BCUT2D eigenvalue weighted by molar-refractivity contribution is 5.84. The molecule has 0 radical (unpaired) electrons. The molecule has 2 N–H and O–H groups in total. The minimum absolute atomic E-state index is 0.0518. The van der Waals surface area contributed by atoms with E-state index in [1.54, 1.807) is 0 Å². The van der Waals surface area contributed by atoms with Crippen LogP contribution in [0.1, 0.15) is 42.6 Å². The van der Waals surface area contributed by atoms with E-state index in [0.717, 1.165) is 12.8 Å². The second-order valence-corrected chi connectivity index (χ2v) is 4.65. The van der Waals surface area contributed by atoms with Gasteiger partial charge >= 0.3 is 5.97 Å². The minimum atomic E-state index is -1.07. The molecule has 0 saturated heterocycles. The van der Waals surface area contributed by atoms with E-state index in [2.05, 4.69) is 15.3 Å². The number of rotatable bonds is 6. The van der Waals surface area contributed by atoms with Gasteiger partial charge in [-0.15, -0.1) is 0 Å². The predicted molar refractivity (Wildman–Crippen MR) is 70.3 cm³/mol. The van der Waals surface area contributed by atoms with Crippen LogP contribution in [0.25, 0.3) is 0 Å². The van der Waals surface area contributed by atoms with Crippen LogP contribution < -0.4 is 5.32 Å². The quantitative estimate of drug-likeness (QED) is 0.765. The monoisotopic (exact) mass is 265 g/mol. The van der Waals surface area contributed by atoms with Gasteiger partial charge in [0.15, 0.2) is 5.69 Å². The SMILES string of the molecule is O=C(O)c1cnc(NCCOC2CCCCC2)cn1. The largest absolute Gasteiger partial charge is 0.476 e. The first kappa shape index (κ1) is 13.7. The molecule has 2 rings (SSSR count). The molecular formula is C13H19N3O3. The lowest BCUT2D eigenvalue weighted by molar-refractivity contribution is 0.0347. The fourth-order valence-corrected chi connectivity index (χ4v) is 2.17. The van der Waals surface area contributed by atoms with Gasteiger partial charge in [-0.3, -0.25) is 0 Å². The summed E-state index contributed by atoms with van der Waals surface area (Å²) in [7, 11) is 0. The molecule has 1 aliphatic carbocycles. The molecule has 1 aromatic rings. The summed E-state index contributed by atoms with van der Waals surface area (Å²) in [5.41, 5.74) is -0.0518. The number of aromatic nitrogens is 2. The van der Waals surface area contributed by atoms with E-state index in [1.807, 2.05) is 0 Å². The Morgan fingerprint density at radius 1 is 1.32 bits per heavy atom. The standard InChI is InChI=1S/C13H19N3O3/c17-13(18)11-8-16-12(9-15-11)14-6-7-19-10-4-2-1-3-5-10/h8-10H,1-7H2,(H,14,16)(H,17,18). The third kappa shape index (κ3) is 4.48. The number of hydrogen-bond acceptors (Lipinski definition) is 5. The Morgan fingerprint density at radius 2 is 2.11 bits per heavy atom. The van der Waals surface area contributed by atoms with Crippen molar-refractivity contribution in [1.29, 1.82) is 0 Å². The summed E-state index contributed by atoms with van der Waals surface area (Å²) in [5.74, 6) is -0.503. The van der Waals surface area contributed by atoms with Crippen LogP contribution in [0.5, 0.6) is 0 Å². The van der Waals surface area contributed by atoms with Gasteiger partial charge in [0.1, 0.15) is 5.82 Å². The average Bonchev–Trinajstić information content (AvgIpc) is 2.45. The lowest BCUT2D eigenvalue weighted by Crippen LogP contribution is -2.20. The van der Waals surface area contributed by atoms with Crippen molar-refractivity contribution >= 4 is 11.8 Å². The Labute approximate surface area is 112 Å². The Balaban J connectivity index is 1.66. The normalized spacial score (nSPS) is 16.2. The van der Waals surface area contributed by atoms with E-state index in [4.69, 9.17) is 9.84 Å². The van der Waals surface area contributed by atoms with Gasteiger partial charge in [0, 0.05) is 6.54 Å². The summed E-state index contributed by atoms with van der Waals surface area (Å²) in [6.45, 7) is 1.28. The van der Waals surface area contributed by atoms with Crippen molar-refractivity contribution in [2.45, 2.75) is 38.2 Å². The smallest absolute Gasteiger partial charge is 0.356 e. The van der Waals surface area contributed by atoms with Gasteiger partial charge in [-0.05, 0) is 12.8 Å². The number of carboxylic acids is 1. The second kappa shape index (κ2) is 7.04. The molecule has 19 heavy (non-hydrogen) atoms. The Kier molecular flexibility index (Phi) is 5.09. The molecule has 1 heterocycles. The van der Waals surface area contributed by atoms with Crippen LogP contribution in [0, 0.1) is 0 Å².